The summed E-state index contributed by atoms with van der Waals surface area (Å²) in [6, 6.07) is 0. The largest absolute Gasteiger partial charge is 0.299 e. The third kappa shape index (κ3) is 2.33. The van der Waals surface area contributed by atoms with E-state index in [4.69, 9.17) is 0 Å². The smallest absolute Gasteiger partial charge is 0.143 e. The Labute approximate surface area is 74.2 Å². The van der Waals surface area contributed by atoms with E-state index in [2.05, 4.69) is 26.8 Å². The molecule has 66 valence electrons. The van der Waals surface area contributed by atoms with Gasteiger partial charge < -0.3 is 0 Å². The highest BCUT2D eigenvalue weighted by atomic mass is 16.1. The fraction of sp³-hybridized carbons (Fsp3) is 0.545. The fourth-order valence-corrected chi connectivity index (χ4v) is 1.98. The minimum absolute atomic E-state index is 0.327. The number of carbonyl (C=O) groups excluding carboxylic acids is 1. The summed E-state index contributed by atoms with van der Waals surface area (Å²) in [7, 11) is 0. The first-order chi connectivity index (χ1) is 5.53. The molecule has 0 saturated heterocycles. The second-order valence-corrected chi connectivity index (χ2v) is 4.39. The second kappa shape index (κ2) is 3.26. The van der Waals surface area contributed by atoms with Crippen LogP contribution in [-0.4, -0.2) is 6.29 Å². The third-order valence-electron chi connectivity index (χ3n) is 2.15. The number of rotatable bonds is 1. The average molecular weight is 164 g/mol. The summed E-state index contributed by atoms with van der Waals surface area (Å²) in [4.78, 5) is 10.3. The Bertz CT molecular complexity index is 244. The molecule has 1 heteroatoms. The molecule has 1 nitrogen and oxygen atoms in total. The van der Waals surface area contributed by atoms with Gasteiger partial charge in [0, 0.05) is 0 Å². The topological polar surface area (TPSA) is 17.1 Å². The summed E-state index contributed by atoms with van der Waals surface area (Å²) in [5.41, 5.74) is 2.87. The first-order valence-corrected chi connectivity index (χ1v) is 4.35. The van der Waals surface area contributed by atoms with E-state index < -0.39 is 0 Å². The van der Waals surface area contributed by atoms with Crippen LogP contribution in [0.5, 0.6) is 0 Å². The maximum absolute atomic E-state index is 10.3. The zero-order valence-electron chi connectivity index (χ0n) is 8.05. The van der Waals surface area contributed by atoms with Crippen LogP contribution in [0.4, 0.5) is 0 Å². The van der Waals surface area contributed by atoms with E-state index in [1.165, 1.54) is 11.1 Å². The lowest BCUT2D eigenvalue weighted by molar-refractivity contribution is -0.104. The summed E-state index contributed by atoms with van der Waals surface area (Å²) in [6.45, 7) is 6.60. The predicted octanol–water partition coefficient (Wildman–Crippen LogP) is 2.88. The first kappa shape index (κ1) is 9.24. The molecule has 1 aliphatic carbocycles. The van der Waals surface area contributed by atoms with Crippen molar-refractivity contribution in [1.29, 1.82) is 0 Å². The van der Waals surface area contributed by atoms with Crippen molar-refractivity contribution in [2.75, 3.05) is 0 Å². The Morgan fingerprint density at radius 2 is 2.08 bits per heavy atom. The van der Waals surface area contributed by atoms with Crippen molar-refractivity contribution in [2.24, 2.45) is 5.41 Å². The fourth-order valence-electron chi connectivity index (χ4n) is 1.98. The van der Waals surface area contributed by atoms with E-state index in [1.54, 1.807) is 6.08 Å². The van der Waals surface area contributed by atoms with Crippen LogP contribution < -0.4 is 0 Å². The predicted molar refractivity (Wildman–Crippen MR) is 50.9 cm³/mol. The average Bonchev–Trinajstić information content (AvgIpc) is 1.82. The van der Waals surface area contributed by atoms with Gasteiger partial charge in [-0.05, 0) is 36.8 Å². The molecule has 0 atom stereocenters. The Hall–Kier alpha value is -0.850. The molecule has 1 rings (SSSR count). The molecule has 0 spiro atoms. The van der Waals surface area contributed by atoms with Crippen LogP contribution in [0.2, 0.25) is 0 Å². The van der Waals surface area contributed by atoms with Gasteiger partial charge >= 0.3 is 0 Å². The van der Waals surface area contributed by atoms with Gasteiger partial charge in [-0.15, -0.1) is 0 Å². The van der Waals surface area contributed by atoms with E-state index in [-0.39, 0.29) is 0 Å². The highest BCUT2D eigenvalue weighted by molar-refractivity contribution is 5.67. The van der Waals surface area contributed by atoms with E-state index in [0.717, 1.165) is 19.1 Å². The molecule has 0 aliphatic heterocycles. The highest BCUT2D eigenvalue weighted by Gasteiger charge is 2.23. The molecule has 0 amide bonds. The molecule has 0 aromatic heterocycles. The van der Waals surface area contributed by atoms with E-state index in [0.29, 0.717) is 5.41 Å². The highest BCUT2D eigenvalue weighted by Crippen LogP contribution is 2.37. The van der Waals surface area contributed by atoms with Crippen molar-refractivity contribution in [2.45, 2.75) is 33.6 Å². The van der Waals surface area contributed by atoms with Gasteiger partial charge in [0.15, 0.2) is 0 Å². The molecular formula is C11H16O. The number of hydrogen-bond acceptors (Lipinski definition) is 1. The molecule has 0 heterocycles. The lowest BCUT2D eigenvalue weighted by atomic mass is 9.76. The van der Waals surface area contributed by atoms with Gasteiger partial charge in [0.2, 0.25) is 0 Å². The van der Waals surface area contributed by atoms with Crippen molar-refractivity contribution in [3.63, 3.8) is 0 Å². The molecule has 0 aromatic rings. The quantitative estimate of drug-likeness (QED) is 0.430. The summed E-state index contributed by atoms with van der Waals surface area (Å²) < 4.78 is 0. The zero-order chi connectivity index (χ0) is 9.19. The normalized spacial score (nSPS) is 25.2. The lowest BCUT2D eigenvalue weighted by Gasteiger charge is -2.29. The second-order valence-electron chi connectivity index (χ2n) is 4.39. The molecule has 0 saturated carbocycles. The van der Waals surface area contributed by atoms with Gasteiger partial charge in [0.05, 0.1) is 0 Å². The molecule has 0 aromatic carbocycles. The van der Waals surface area contributed by atoms with Gasteiger partial charge in [0.1, 0.15) is 6.29 Å². The SMILES string of the molecule is CC1=CC(=CC=O)CC(C)(C)C1. The molecule has 12 heavy (non-hydrogen) atoms. The van der Waals surface area contributed by atoms with Crippen molar-refractivity contribution >= 4 is 6.29 Å². The number of aldehydes is 1. The van der Waals surface area contributed by atoms with Crippen LogP contribution in [-0.2, 0) is 4.79 Å². The first-order valence-electron chi connectivity index (χ1n) is 4.35. The Balaban J connectivity index is 2.88. The van der Waals surface area contributed by atoms with Crippen LogP contribution in [0.25, 0.3) is 0 Å². The van der Waals surface area contributed by atoms with E-state index in [1.807, 2.05) is 0 Å². The van der Waals surface area contributed by atoms with Crippen LogP contribution >= 0.6 is 0 Å². The molecule has 0 radical (unpaired) electrons. The Morgan fingerprint density at radius 1 is 1.42 bits per heavy atom. The van der Waals surface area contributed by atoms with Crippen LogP contribution in [0.1, 0.15) is 33.6 Å². The molecule has 0 bridgehead atoms. The molecule has 1 aliphatic rings. The Morgan fingerprint density at radius 3 is 2.58 bits per heavy atom. The number of hydrogen-bond donors (Lipinski definition) is 0. The zero-order valence-corrected chi connectivity index (χ0v) is 8.05. The van der Waals surface area contributed by atoms with E-state index in [9.17, 15) is 4.79 Å². The Kier molecular flexibility index (Phi) is 2.51. The minimum atomic E-state index is 0.327. The maximum Gasteiger partial charge on any atom is 0.143 e. The molecule has 0 N–H and O–H groups in total. The molecular weight excluding hydrogens is 148 g/mol. The van der Waals surface area contributed by atoms with Gasteiger partial charge in [-0.1, -0.05) is 25.5 Å². The van der Waals surface area contributed by atoms with Crippen LogP contribution in [0.15, 0.2) is 23.3 Å². The molecule has 0 unspecified atom stereocenters. The van der Waals surface area contributed by atoms with Crippen LogP contribution in [0, 0.1) is 5.41 Å². The third-order valence-corrected chi connectivity index (χ3v) is 2.15. The summed E-state index contributed by atoms with van der Waals surface area (Å²) in [5, 5.41) is 0. The van der Waals surface area contributed by atoms with Crippen molar-refractivity contribution in [3.05, 3.63) is 23.3 Å². The monoisotopic (exact) mass is 164 g/mol. The standard InChI is InChI=1S/C11H16O/c1-9-6-10(4-5-12)8-11(2,3)7-9/h4-6H,7-8H2,1-3H3. The summed E-state index contributed by atoms with van der Waals surface area (Å²) >= 11 is 0. The van der Waals surface area contributed by atoms with Crippen molar-refractivity contribution < 1.29 is 4.79 Å². The summed E-state index contributed by atoms with van der Waals surface area (Å²) in [6.07, 6.45) is 6.83. The van der Waals surface area contributed by atoms with Gasteiger partial charge in [-0.2, -0.15) is 0 Å². The van der Waals surface area contributed by atoms with Crippen molar-refractivity contribution in [1.82, 2.24) is 0 Å². The van der Waals surface area contributed by atoms with Gasteiger partial charge in [-0.3, -0.25) is 4.79 Å². The van der Waals surface area contributed by atoms with Crippen LogP contribution in [0.3, 0.4) is 0 Å². The van der Waals surface area contributed by atoms with Gasteiger partial charge in [0.25, 0.3) is 0 Å². The maximum atomic E-state index is 10.3. The number of carbonyl (C=O) groups is 1. The summed E-state index contributed by atoms with van der Waals surface area (Å²) in [5.74, 6) is 0. The molecule has 0 fully saturated rings. The lowest BCUT2D eigenvalue weighted by Crippen LogP contribution is -2.16. The van der Waals surface area contributed by atoms with Gasteiger partial charge in [-0.25, -0.2) is 0 Å². The van der Waals surface area contributed by atoms with E-state index >= 15 is 0 Å². The minimum Gasteiger partial charge on any atom is -0.299 e. The number of allylic oxidation sites excluding steroid dienone is 4. The van der Waals surface area contributed by atoms with Crippen molar-refractivity contribution in [3.8, 4) is 0 Å².